The van der Waals surface area contributed by atoms with Crippen molar-refractivity contribution in [1.29, 1.82) is 0 Å². The van der Waals surface area contributed by atoms with Gasteiger partial charge in [-0.05, 0) is 31.9 Å². The highest BCUT2D eigenvalue weighted by molar-refractivity contribution is 5.95. The first-order valence-electron chi connectivity index (χ1n) is 7.09. The number of ketones is 2. The Hall–Kier alpha value is -2.04. The predicted octanol–water partition coefficient (Wildman–Crippen LogP) is 3.88. The minimum absolute atomic E-state index is 0.0229. The van der Waals surface area contributed by atoms with Crippen LogP contribution < -0.4 is 4.90 Å². The zero-order valence-electron chi connectivity index (χ0n) is 13.3. The molecule has 0 bridgehead atoms. The molecular weight excluding hydrogens is 288 g/mol. The fourth-order valence-electron chi connectivity index (χ4n) is 2.22. The number of halogens is 2. The number of hydrogen-bond acceptors (Lipinski definition) is 3. The maximum atomic E-state index is 13.2. The molecule has 1 aromatic carbocycles. The molecule has 120 valence electrons. The third kappa shape index (κ3) is 5.76. The first-order valence-corrected chi connectivity index (χ1v) is 7.09. The van der Waals surface area contributed by atoms with Gasteiger partial charge in [-0.3, -0.25) is 4.79 Å². The van der Waals surface area contributed by atoms with E-state index in [1.807, 2.05) is 6.92 Å². The number of nitrogens with zero attached hydrogens (tertiary/aromatic N) is 1. The molecule has 0 amide bonds. The first kappa shape index (κ1) is 18.0. The number of carbonyl (C=O) groups excluding carboxylic acids is 2. The third-order valence-corrected chi connectivity index (χ3v) is 3.25. The van der Waals surface area contributed by atoms with E-state index in [1.54, 1.807) is 14.0 Å². The number of carbonyl (C=O) groups is 2. The van der Waals surface area contributed by atoms with Crippen molar-refractivity contribution in [3.8, 4) is 0 Å². The number of anilines is 1. The predicted molar refractivity (Wildman–Crippen MR) is 82.6 cm³/mol. The SMILES string of the molecule is CC(=O)CC(C)CC(=O)/C(C)=C/N(C)c1cc(F)cc(F)c1. The van der Waals surface area contributed by atoms with Crippen LogP contribution in [0.2, 0.25) is 0 Å². The zero-order valence-corrected chi connectivity index (χ0v) is 13.3. The van der Waals surface area contributed by atoms with Crippen molar-refractivity contribution in [2.24, 2.45) is 5.92 Å². The average Bonchev–Trinajstić information content (AvgIpc) is 2.35. The second-order valence-electron chi connectivity index (χ2n) is 5.69. The van der Waals surface area contributed by atoms with E-state index in [1.165, 1.54) is 30.2 Å². The van der Waals surface area contributed by atoms with Crippen molar-refractivity contribution in [2.45, 2.75) is 33.6 Å². The van der Waals surface area contributed by atoms with Crippen LogP contribution in [0.4, 0.5) is 14.5 Å². The van der Waals surface area contributed by atoms with E-state index in [-0.39, 0.29) is 23.9 Å². The lowest BCUT2D eigenvalue weighted by Gasteiger charge is -2.16. The van der Waals surface area contributed by atoms with E-state index in [0.717, 1.165) is 6.07 Å². The van der Waals surface area contributed by atoms with E-state index >= 15 is 0 Å². The minimum Gasteiger partial charge on any atom is -0.350 e. The summed E-state index contributed by atoms with van der Waals surface area (Å²) >= 11 is 0. The number of rotatable bonds is 7. The van der Waals surface area contributed by atoms with Crippen LogP contribution >= 0.6 is 0 Å². The highest BCUT2D eigenvalue weighted by atomic mass is 19.1. The van der Waals surface area contributed by atoms with Gasteiger partial charge in [0.05, 0.1) is 0 Å². The summed E-state index contributed by atoms with van der Waals surface area (Å²) in [7, 11) is 1.62. The Morgan fingerprint density at radius 1 is 1.14 bits per heavy atom. The summed E-state index contributed by atoms with van der Waals surface area (Å²) in [6, 6.07) is 3.17. The first-order chi connectivity index (χ1) is 10.2. The van der Waals surface area contributed by atoms with Gasteiger partial charge in [-0.1, -0.05) is 6.92 Å². The van der Waals surface area contributed by atoms with Crippen LogP contribution in [0.15, 0.2) is 30.0 Å². The molecule has 0 aliphatic rings. The second kappa shape index (κ2) is 7.82. The standard InChI is InChI=1S/C17H21F2NO2/c1-11(5-13(3)21)6-17(22)12(2)10-20(4)16-8-14(18)7-15(19)9-16/h7-11H,5-6H2,1-4H3/b12-10+. The molecule has 0 N–H and O–H groups in total. The summed E-state index contributed by atoms with van der Waals surface area (Å²) in [5.41, 5.74) is 0.795. The monoisotopic (exact) mass is 309 g/mol. The Balaban J connectivity index is 2.78. The molecule has 0 radical (unpaired) electrons. The fourth-order valence-corrected chi connectivity index (χ4v) is 2.22. The van der Waals surface area contributed by atoms with Gasteiger partial charge in [0.15, 0.2) is 5.78 Å². The van der Waals surface area contributed by atoms with Gasteiger partial charge in [0, 0.05) is 43.4 Å². The van der Waals surface area contributed by atoms with Gasteiger partial charge < -0.3 is 9.69 Å². The molecule has 1 atom stereocenters. The summed E-state index contributed by atoms with van der Waals surface area (Å²) in [6.07, 6.45) is 2.17. The lowest BCUT2D eigenvalue weighted by molar-refractivity contribution is -0.118. The molecule has 3 nitrogen and oxygen atoms in total. The topological polar surface area (TPSA) is 37.4 Å². The quantitative estimate of drug-likeness (QED) is 0.717. The van der Waals surface area contributed by atoms with Crippen LogP contribution in [0.1, 0.15) is 33.6 Å². The molecule has 0 saturated carbocycles. The third-order valence-electron chi connectivity index (χ3n) is 3.25. The smallest absolute Gasteiger partial charge is 0.160 e. The lowest BCUT2D eigenvalue weighted by Crippen LogP contribution is -2.14. The lowest BCUT2D eigenvalue weighted by atomic mass is 9.96. The van der Waals surface area contributed by atoms with Gasteiger partial charge in [0.2, 0.25) is 0 Å². The molecule has 0 saturated heterocycles. The molecule has 1 rings (SSSR count). The highest BCUT2D eigenvalue weighted by Gasteiger charge is 2.13. The van der Waals surface area contributed by atoms with Crippen LogP contribution in [0.25, 0.3) is 0 Å². The summed E-state index contributed by atoms with van der Waals surface area (Å²) < 4.78 is 26.4. The van der Waals surface area contributed by atoms with Crippen LogP contribution in [-0.2, 0) is 9.59 Å². The molecule has 22 heavy (non-hydrogen) atoms. The average molecular weight is 309 g/mol. The van der Waals surface area contributed by atoms with Gasteiger partial charge in [0.1, 0.15) is 17.4 Å². The van der Waals surface area contributed by atoms with Gasteiger partial charge >= 0.3 is 0 Å². The van der Waals surface area contributed by atoms with Crippen molar-refractivity contribution in [3.63, 3.8) is 0 Å². The number of Topliss-reactive ketones (excluding diaryl/α,β-unsaturated/α-hetero) is 2. The van der Waals surface area contributed by atoms with Crippen LogP contribution in [-0.4, -0.2) is 18.6 Å². The maximum absolute atomic E-state index is 13.2. The van der Waals surface area contributed by atoms with Gasteiger partial charge in [-0.2, -0.15) is 0 Å². The van der Waals surface area contributed by atoms with Gasteiger partial charge in [-0.25, -0.2) is 8.78 Å². The van der Waals surface area contributed by atoms with Crippen molar-refractivity contribution < 1.29 is 18.4 Å². The Kier molecular flexibility index (Phi) is 6.40. The van der Waals surface area contributed by atoms with Gasteiger partial charge in [-0.15, -0.1) is 0 Å². The Morgan fingerprint density at radius 2 is 1.68 bits per heavy atom. The molecule has 5 heteroatoms. The number of allylic oxidation sites excluding steroid dienone is 1. The van der Waals surface area contributed by atoms with E-state index in [9.17, 15) is 18.4 Å². The van der Waals surface area contributed by atoms with Crippen molar-refractivity contribution >= 4 is 17.3 Å². The molecule has 1 aromatic rings. The number of hydrogen-bond donors (Lipinski definition) is 0. The molecule has 0 fully saturated rings. The molecule has 0 aliphatic carbocycles. The Bertz CT molecular complexity index is 576. The summed E-state index contributed by atoms with van der Waals surface area (Å²) in [5.74, 6) is -1.40. The zero-order chi connectivity index (χ0) is 16.9. The maximum Gasteiger partial charge on any atom is 0.160 e. The second-order valence-corrected chi connectivity index (χ2v) is 5.69. The van der Waals surface area contributed by atoms with Crippen LogP contribution in [0, 0.1) is 17.6 Å². The molecule has 0 aromatic heterocycles. The Morgan fingerprint density at radius 3 is 2.18 bits per heavy atom. The van der Waals surface area contributed by atoms with E-state index < -0.39 is 11.6 Å². The molecule has 0 aliphatic heterocycles. The number of benzene rings is 1. The molecule has 0 heterocycles. The van der Waals surface area contributed by atoms with Crippen LogP contribution in [0.3, 0.4) is 0 Å². The van der Waals surface area contributed by atoms with Gasteiger partial charge in [0.25, 0.3) is 0 Å². The van der Waals surface area contributed by atoms with Crippen molar-refractivity contribution in [2.75, 3.05) is 11.9 Å². The van der Waals surface area contributed by atoms with E-state index in [4.69, 9.17) is 0 Å². The minimum atomic E-state index is -0.672. The largest absolute Gasteiger partial charge is 0.350 e. The highest BCUT2D eigenvalue weighted by Crippen LogP contribution is 2.19. The normalized spacial score (nSPS) is 12.9. The summed E-state index contributed by atoms with van der Waals surface area (Å²) in [4.78, 5) is 24.6. The van der Waals surface area contributed by atoms with Crippen molar-refractivity contribution in [3.05, 3.63) is 41.6 Å². The summed E-state index contributed by atoms with van der Waals surface area (Å²) in [5, 5.41) is 0. The van der Waals surface area contributed by atoms with Crippen molar-refractivity contribution in [1.82, 2.24) is 0 Å². The fraction of sp³-hybridized carbons (Fsp3) is 0.412. The molecule has 0 spiro atoms. The Labute approximate surface area is 129 Å². The van der Waals surface area contributed by atoms with E-state index in [2.05, 4.69) is 0 Å². The molecular formula is C17H21F2NO2. The van der Waals surface area contributed by atoms with E-state index in [0.29, 0.717) is 17.7 Å². The molecule has 1 unspecified atom stereocenters. The summed E-state index contributed by atoms with van der Waals surface area (Å²) in [6.45, 7) is 4.99. The van der Waals surface area contributed by atoms with Crippen LogP contribution in [0.5, 0.6) is 0 Å².